The summed E-state index contributed by atoms with van der Waals surface area (Å²) >= 11 is 5.86. The first-order valence-corrected chi connectivity index (χ1v) is 7.43. The van der Waals surface area contributed by atoms with Crippen molar-refractivity contribution in [1.29, 1.82) is 0 Å². The van der Waals surface area contributed by atoms with Gasteiger partial charge in [0.05, 0.1) is 5.71 Å². The first-order chi connectivity index (χ1) is 10.2. The molecule has 0 bridgehead atoms. The minimum absolute atomic E-state index is 0.0429. The number of aliphatic hydroxyl groups excluding tert-OH is 1. The van der Waals surface area contributed by atoms with Gasteiger partial charge >= 0.3 is 0 Å². The van der Waals surface area contributed by atoms with Crippen LogP contribution in [0.3, 0.4) is 0 Å². The van der Waals surface area contributed by atoms with Gasteiger partial charge in [0.15, 0.2) is 0 Å². The van der Waals surface area contributed by atoms with Gasteiger partial charge in [0.25, 0.3) is 5.91 Å². The van der Waals surface area contributed by atoms with Gasteiger partial charge in [-0.1, -0.05) is 28.9 Å². The standard InChI is InChI=1S/C15H17ClN2O3/c16-12-3-1-11(2-4-12)13-7-14(21-17-13)15(20)18-6-5-10(8-18)9-19/h1-4,10,14,19H,5-9H2/t10-,14+/m0/s1. The molecule has 0 radical (unpaired) electrons. The third-order valence-electron chi connectivity index (χ3n) is 3.98. The van der Waals surface area contributed by atoms with Crippen molar-refractivity contribution in [3.05, 3.63) is 34.9 Å². The Morgan fingerprint density at radius 2 is 2.19 bits per heavy atom. The second-order valence-corrected chi connectivity index (χ2v) is 5.90. The highest BCUT2D eigenvalue weighted by atomic mass is 35.5. The number of likely N-dealkylation sites (tertiary alicyclic amines) is 1. The van der Waals surface area contributed by atoms with E-state index in [2.05, 4.69) is 5.16 Å². The lowest BCUT2D eigenvalue weighted by Gasteiger charge is -2.18. The lowest BCUT2D eigenvalue weighted by molar-refractivity contribution is -0.141. The predicted octanol–water partition coefficient (Wildman–Crippen LogP) is 1.67. The van der Waals surface area contributed by atoms with Crippen LogP contribution in [0.25, 0.3) is 0 Å². The summed E-state index contributed by atoms with van der Waals surface area (Å²) in [5.41, 5.74) is 1.69. The van der Waals surface area contributed by atoms with E-state index in [-0.39, 0.29) is 18.4 Å². The fraction of sp³-hybridized carbons (Fsp3) is 0.467. The average Bonchev–Trinajstić information content (AvgIpc) is 3.16. The summed E-state index contributed by atoms with van der Waals surface area (Å²) in [6.45, 7) is 1.41. The summed E-state index contributed by atoms with van der Waals surface area (Å²) in [5.74, 6) is 0.144. The number of carbonyl (C=O) groups excluding carboxylic acids is 1. The number of benzene rings is 1. The largest absolute Gasteiger partial charge is 0.396 e. The van der Waals surface area contributed by atoms with Crippen molar-refractivity contribution in [2.75, 3.05) is 19.7 Å². The zero-order valence-corrected chi connectivity index (χ0v) is 12.3. The van der Waals surface area contributed by atoms with Crippen molar-refractivity contribution in [3.8, 4) is 0 Å². The molecule has 0 aromatic heterocycles. The Labute approximate surface area is 128 Å². The van der Waals surface area contributed by atoms with Crippen LogP contribution in [-0.2, 0) is 9.63 Å². The molecule has 0 aliphatic carbocycles. The number of halogens is 1. The van der Waals surface area contributed by atoms with Gasteiger partial charge in [-0.2, -0.15) is 0 Å². The number of hydrogen-bond acceptors (Lipinski definition) is 4. The van der Waals surface area contributed by atoms with E-state index < -0.39 is 6.10 Å². The van der Waals surface area contributed by atoms with Crippen LogP contribution in [-0.4, -0.2) is 47.4 Å². The van der Waals surface area contributed by atoms with E-state index in [4.69, 9.17) is 21.5 Å². The first kappa shape index (κ1) is 14.4. The second kappa shape index (κ2) is 6.03. The third kappa shape index (κ3) is 3.04. The first-order valence-electron chi connectivity index (χ1n) is 7.05. The Kier molecular flexibility index (Phi) is 4.12. The van der Waals surface area contributed by atoms with Crippen molar-refractivity contribution in [2.24, 2.45) is 11.1 Å². The molecular weight excluding hydrogens is 292 g/mol. The Balaban J connectivity index is 1.61. The third-order valence-corrected chi connectivity index (χ3v) is 4.23. The van der Waals surface area contributed by atoms with Crippen LogP contribution >= 0.6 is 11.6 Å². The number of amides is 1. The van der Waals surface area contributed by atoms with Gasteiger partial charge in [-0.3, -0.25) is 4.79 Å². The van der Waals surface area contributed by atoms with Crippen molar-refractivity contribution in [3.63, 3.8) is 0 Å². The molecule has 1 amide bonds. The van der Waals surface area contributed by atoms with Gasteiger partial charge in [0.2, 0.25) is 6.10 Å². The van der Waals surface area contributed by atoms with Crippen molar-refractivity contribution in [2.45, 2.75) is 18.9 Å². The molecule has 0 spiro atoms. The van der Waals surface area contributed by atoms with E-state index in [1.54, 1.807) is 17.0 Å². The number of hydrogen-bond donors (Lipinski definition) is 1. The van der Waals surface area contributed by atoms with Crippen LogP contribution in [0.1, 0.15) is 18.4 Å². The molecule has 2 aliphatic heterocycles. The monoisotopic (exact) mass is 308 g/mol. The van der Waals surface area contributed by atoms with Crippen molar-refractivity contribution in [1.82, 2.24) is 4.90 Å². The molecular formula is C15H17ClN2O3. The van der Waals surface area contributed by atoms with Crippen LogP contribution in [0.4, 0.5) is 0 Å². The Morgan fingerprint density at radius 1 is 1.43 bits per heavy atom. The van der Waals surface area contributed by atoms with Gasteiger partial charge in [0.1, 0.15) is 0 Å². The number of nitrogens with zero attached hydrogens (tertiary/aromatic N) is 2. The van der Waals surface area contributed by atoms with Gasteiger partial charge in [-0.15, -0.1) is 0 Å². The number of aliphatic hydroxyl groups is 1. The minimum Gasteiger partial charge on any atom is -0.396 e. The fourth-order valence-electron chi connectivity index (χ4n) is 2.71. The van der Waals surface area contributed by atoms with Crippen LogP contribution in [0.2, 0.25) is 5.02 Å². The molecule has 1 N–H and O–H groups in total. The van der Waals surface area contributed by atoms with Gasteiger partial charge < -0.3 is 14.8 Å². The van der Waals surface area contributed by atoms with E-state index >= 15 is 0 Å². The van der Waals surface area contributed by atoms with E-state index in [0.29, 0.717) is 24.5 Å². The summed E-state index contributed by atoms with van der Waals surface area (Å²) in [6, 6.07) is 7.33. The highest BCUT2D eigenvalue weighted by Crippen LogP contribution is 2.23. The lowest BCUT2D eigenvalue weighted by Crippen LogP contribution is -2.38. The maximum Gasteiger partial charge on any atom is 0.266 e. The van der Waals surface area contributed by atoms with Gasteiger partial charge in [-0.25, -0.2) is 0 Å². The Morgan fingerprint density at radius 3 is 2.86 bits per heavy atom. The summed E-state index contributed by atoms with van der Waals surface area (Å²) in [7, 11) is 0. The average molecular weight is 309 g/mol. The summed E-state index contributed by atoms with van der Waals surface area (Å²) in [6.07, 6.45) is 0.772. The topological polar surface area (TPSA) is 62.1 Å². The van der Waals surface area contributed by atoms with Gasteiger partial charge in [0, 0.05) is 37.1 Å². The molecule has 0 unspecified atom stereocenters. The van der Waals surface area contributed by atoms with E-state index in [0.717, 1.165) is 17.7 Å². The van der Waals surface area contributed by atoms with Crippen LogP contribution in [0.5, 0.6) is 0 Å². The van der Waals surface area contributed by atoms with E-state index in [1.807, 2.05) is 12.1 Å². The van der Waals surface area contributed by atoms with Crippen molar-refractivity contribution < 1.29 is 14.7 Å². The highest BCUT2D eigenvalue weighted by Gasteiger charge is 2.35. The number of oxime groups is 1. The van der Waals surface area contributed by atoms with Crippen LogP contribution in [0.15, 0.2) is 29.4 Å². The number of carbonyl (C=O) groups is 1. The molecule has 2 heterocycles. The molecule has 6 heteroatoms. The molecule has 1 saturated heterocycles. The molecule has 1 aromatic carbocycles. The molecule has 1 fully saturated rings. The fourth-order valence-corrected chi connectivity index (χ4v) is 2.83. The van der Waals surface area contributed by atoms with Crippen LogP contribution < -0.4 is 0 Å². The van der Waals surface area contributed by atoms with E-state index in [9.17, 15) is 4.79 Å². The molecule has 3 rings (SSSR count). The highest BCUT2D eigenvalue weighted by molar-refractivity contribution is 6.30. The zero-order valence-electron chi connectivity index (χ0n) is 11.5. The lowest BCUT2D eigenvalue weighted by atomic mass is 10.0. The molecule has 1 aromatic rings. The molecule has 2 aliphatic rings. The Hall–Kier alpha value is -1.59. The summed E-state index contributed by atoms with van der Waals surface area (Å²) in [4.78, 5) is 19.4. The predicted molar refractivity (Wildman–Crippen MR) is 79.3 cm³/mol. The molecule has 0 saturated carbocycles. The molecule has 2 atom stereocenters. The number of rotatable bonds is 3. The Bertz CT molecular complexity index is 559. The molecule has 5 nitrogen and oxygen atoms in total. The molecule has 21 heavy (non-hydrogen) atoms. The zero-order chi connectivity index (χ0) is 14.8. The smallest absolute Gasteiger partial charge is 0.266 e. The normalized spacial score (nSPS) is 24.9. The molecule has 112 valence electrons. The second-order valence-electron chi connectivity index (χ2n) is 5.46. The van der Waals surface area contributed by atoms with Crippen LogP contribution in [0, 0.1) is 5.92 Å². The maximum absolute atomic E-state index is 12.4. The maximum atomic E-state index is 12.4. The van der Waals surface area contributed by atoms with Gasteiger partial charge in [-0.05, 0) is 24.1 Å². The van der Waals surface area contributed by atoms with Crippen molar-refractivity contribution >= 4 is 23.2 Å². The summed E-state index contributed by atoms with van der Waals surface area (Å²) in [5, 5.41) is 13.8. The van der Waals surface area contributed by atoms with E-state index in [1.165, 1.54) is 0 Å². The summed E-state index contributed by atoms with van der Waals surface area (Å²) < 4.78 is 0. The quantitative estimate of drug-likeness (QED) is 0.924. The SMILES string of the molecule is O=C([C@H]1CC(c2ccc(Cl)cc2)=NO1)N1CC[C@H](CO)C1. The minimum atomic E-state index is -0.548.